The Hall–Kier alpha value is -2.29. The minimum atomic E-state index is -0.374. The highest BCUT2D eigenvalue weighted by Crippen LogP contribution is 2.25. The molecule has 0 aliphatic heterocycles. The summed E-state index contributed by atoms with van der Waals surface area (Å²) in [6.07, 6.45) is 0. The first kappa shape index (κ1) is 21.0. The summed E-state index contributed by atoms with van der Waals surface area (Å²) in [5.74, 6) is -0.167. The lowest BCUT2D eigenvalue weighted by atomic mass is 10.3. The molecule has 27 heavy (non-hydrogen) atoms. The minimum absolute atomic E-state index is 0. The minimum Gasteiger partial charge on any atom is -0.348 e. The molecule has 2 N–H and O–H groups in total. The monoisotopic (exact) mass is 409 g/mol. The zero-order valence-corrected chi connectivity index (χ0v) is 16.6. The first-order chi connectivity index (χ1) is 12.6. The number of hydrogen-bond acceptors (Lipinski definition) is 5. The van der Waals surface area contributed by atoms with Gasteiger partial charge in [0.05, 0.1) is 10.6 Å². The lowest BCUT2D eigenvalue weighted by Gasteiger charge is -2.11. The number of thiophene rings is 1. The van der Waals surface area contributed by atoms with Gasteiger partial charge in [0.1, 0.15) is 5.82 Å². The maximum absolute atomic E-state index is 13.6. The van der Waals surface area contributed by atoms with E-state index in [1.165, 1.54) is 28.2 Å². The quantitative estimate of drug-likeness (QED) is 0.628. The Morgan fingerprint density at radius 3 is 2.81 bits per heavy atom. The van der Waals surface area contributed by atoms with Crippen LogP contribution in [0.15, 0.2) is 41.8 Å². The van der Waals surface area contributed by atoms with Gasteiger partial charge in [-0.05, 0) is 43.1 Å². The third kappa shape index (κ3) is 5.12. The Kier molecular flexibility index (Phi) is 7.46. The average Bonchev–Trinajstić information content (AvgIpc) is 3.29. The number of aromatic nitrogens is 3. The summed E-state index contributed by atoms with van der Waals surface area (Å²) in [5.41, 5.74) is 0.515. The van der Waals surface area contributed by atoms with Crippen molar-refractivity contribution < 1.29 is 9.18 Å². The molecular formula is C18H21ClFN5OS. The Morgan fingerprint density at radius 1 is 1.33 bits per heavy atom. The molecule has 0 saturated carbocycles. The van der Waals surface area contributed by atoms with Crippen LogP contribution < -0.4 is 10.6 Å². The summed E-state index contributed by atoms with van der Waals surface area (Å²) >= 11 is 1.48. The van der Waals surface area contributed by atoms with Gasteiger partial charge in [-0.1, -0.05) is 19.1 Å². The van der Waals surface area contributed by atoms with Gasteiger partial charge in [-0.3, -0.25) is 4.79 Å². The lowest BCUT2D eigenvalue weighted by Crippen LogP contribution is -2.39. The Morgan fingerprint density at radius 2 is 2.15 bits per heavy atom. The number of nitrogens with zero attached hydrogens (tertiary/aromatic N) is 3. The molecule has 0 bridgehead atoms. The van der Waals surface area contributed by atoms with E-state index in [1.54, 1.807) is 12.1 Å². The predicted octanol–water partition coefficient (Wildman–Crippen LogP) is 3.28. The average molecular weight is 410 g/mol. The van der Waals surface area contributed by atoms with Crippen LogP contribution in [0.4, 0.5) is 4.39 Å². The topological polar surface area (TPSA) is 71.8 Å². The second kappa shape index (κ2) is 9.59. The molecule has 0 spiro atoms. The van der Waals surface area contributed by atoms with Crippen molar-refractivity contribution in [1.29, 1.82) is 0 Å². The van der Waals surface area contributed by atoms with Crippen molar-refractivity contribution in [1.82, 2.24) is 25.4 Å². The zero-order valence-electron chi connectivity index (χ0n) is 15.0. The van der Waals surface area contributed by atoms with Gasteiger partial charge in [0.15, 0.2) is 5.82 Å². The Labute approximate surface area is 167 Å². The van der Waals surface area contributed by atoms with Crippen LogP contribution in [0, 0.1) is 5.82 Å². The van der Waals surface area contributed by atoms with Crippen LogP contribution in [-0.2, 0) is 0 Å². The van der Waals surface area contributed by atoms with Crippen LogP contribution in [0.3, 0.4) is 0 Å². The van der Waals surface area contributed by atoms with Crippen molar-refractivity contribution in [3.8, 4) is 16.4 Å². The van der Waals surface area contributed by atoms with Crippen LogP contribution in [0.25, 0.3) is 16.4 Å². The molecule has 0 saturated heterocycles. The molecule has 0 fully saturated rings. The molecule has 3 rings (SSSR count). The number of likely N-dealkylation sites (N-methyl/N-ethyl adjacent to an activating group) is 1. The number of nitrogens with one attached hydrogen (secondary N) is 2. The van der Waals surface area contributed by atoms with Gasteiger partial charge >= 0.3 is 0 Å². The number of hydrogen-bond donors (Lipinski definition) is 2. The molecule has 1 atom stereocenters. The summed E-state index contributed by atoms with van der Waals surface area (Å²) < 4.78 is 15.1. The van der Waals surface area contributed by atoms with Gasteiger partial charge in [-0.15, -0.1) is 28.8 Å². The first-order valence-electron chi connectivity index (χ1n) is 8.37. The van der Waals surface area contributed by atoms with E-state index >= 15 is 0 Å². The van der Waals surface area contributed by atoms with Gasteiger partial charge in [-0.2, -0.15) is 0 Å². The third-order valence-electron chi connectivity index (χ3n) is 3.73. The zero-order chi connectivity index (χ0) is 18.5. The normalized spacial score (nSPS) is 11.7. The van der Waals surface area contributed by atoms with E-state index in [2.05, 4.69) is 20.7 Å². The molecule has 9 heteroatoms. The molecule has 2 heterocycles. The van der Waals surface area contributed by atoms with Crippen molar-refractivity contribution in [2.75, 3.05) is 13.1 Å². The molecule has 0 aliphatic carbocycles. The van der Waals surface area contributed by atoms with Crippen LogP contribution in [0.2, 0.25) is 0 Å². The second-order valence-electron chi connectivity index (χ2n) is 5.80. The predicted molar refractivity (Wildman–Crippen MR) is 107 cm³/mol. The summed E-state index contributed by atoms with van der Waals surface area (Å²) in [5, 5.41) is 12.3. The number of carbonyl (C=O) groups is 1. The van der Waals surface area contributed by atoms with Crippen LogP contribution in [-0.4, -0.2) is 39.8 Å². The molecule has 0 radical (unpaired) electrons. The van der Waals surface area contributed by atoms with Gasteiger partial charge in [0.2, 0.25) is 5.82 Å². The van der Waals surface area contributed by atoms with E-state index in [9.17, 15) is 9.18 Å². The summed E-state index contributed by atoms with van der Waals surface area (Å²) in [7, 11) is 0. The van der Waals surface area contributed by atoms with Gasteiger partial charge in [0, 0.05) is 12.6 Å². The van der Waals surface area contributed by atoms with E-state index < -0.39 is 0 Å². The smallest absolute Gasteiger partial charge is 0.291 e. The van der Waals surface area contributed by atoms with Gasteiger partial charge < -0.3 is 10.6 Å². The maximum Gasteiger partial charge on any atom is 0.291 e. The summed E-state index contributed by atoms with van der Waals surface area (Å²) in [6.45, 7) is 5.29. The van der Waals surface area contributed by atoms with Crippen molar-refractivity contribution in [2.45, 2.75) is 19.9 Å². The van der Waals surface area contributed by atoms with Crippen molar-refractivity contribution >= 4 is 29.7 Å². The molecule has 0 unspecified atom stereocenters. The number of amides is 1. The van der Waals surface area contributed by atoms with Gasteiger partial charge in [-0.25, -0.2) is 14.1 Å². The fourth-order valence-corrected chi connectivity index (χ4v) is 3.21. The fraction of sp³-hybridized carbons (Fsp3) is 0.278. The molecule has 3 aromatic rings. The Balaban J connectivity index is 0.00000261. The molecule has 6 nitrogen and oxygen atoms in total. The highest BCUT2D eigenvalue weighted by atomic mass is 35.5. The number of carbonyl (C=O) groups excluding carboxylic acids is 1. The number of rotatable bonds is 7. The van der Waals surface area contributed by atoms with E-state index in [-0.39, 0.29) is 36.0 Å². The van der Waals surface area contributed by atoms with E-state index in [0.717, 1.165) is 11.4 Å². The maximum atomic E-state index is 13.6. The molecule has 2 aromatic heterocycles. The lowest BCUT2D eigenvalue weighted by molar-refractivity contribution is 0.0940. The molecule has 1 amide bonds. The fourth-order valence-electron chi connectivity index (χ4n) is 2.51. The molecule has 0 aliphatic rings. The van der Waals surface area contributed by atoms with Crippen LogP contribution >= 0.6 is 23.7 Å². The van der Waals surface area contributed by atoms with Gasteiger partial charge in [0.25, 0.3) is 5.91 Å². The first-order valence-corrected chi connectivity index (χ1v) is 9.25. The van der Waals surface area contributed by atoms with Crippen molar-refractivity contribution in [3.63, 3.8) is 0 Å². The molecular weight excluding hydrogens is 389 g/mol. The molecule has 1 aromatic carbocycles. The third-order valence-corrected chi connectivity index (χ3v) is 4.59. The van der Waals surface area contributed by atoms with Crippen molar-refractivity contribution in [3.05, 3.63) is 53.4 Å². The SMILES string of the molecule is CCN[C@H](C)CNC(=O)c1nc(-c2cccs2)n(-c2cccc(F)c2)n1.Cl. The largest absolute Gasteiger partial charge is 0.348 e. The summed E-state index contributed by atoms with van der Waals surface area (Å²) in [4.78, 5) is 17.7. The number of benzene rings is 1. The Bertz CT molecular complexity index is 884. The van der Waals surface area contributed by atoms with E-state index in [4.69, 9.17) is 0 Å². The highest BCUT2D eigenvalue weighted by molar-refractivity contribution is 7.13. The van der Waals surface area contributed by atoms with Crippen molar-refractivity contribution in [2.24, 2.45) is 0 Å². The highest BCUT2D eigenvalue weighted by Gasteiger charge is 2.19. The molecule has 144 valence electrons. The second-order valence-corrected chi connectivity index (χ2v) is 6.74. The summed E-state index contributed by atoms with van der Waals surface area (Å²) in [6, 6.07) is 9.97. The van der Waals surface area contributed by atoms with E-state index in [0.29, 0.717) is 18.1 Å². The van der Waals surface area contributed by atoms with Crippen LogP contribution in [0.5, 0.6) is 0 Å². The van der Waals surface area contributed by atoms with E-state index in [1.807, 2.05) is 31.4 Å². The van der Waals surface area contributed by atoms with Crippen LogP contribution in [0.1, 0.15) is 24.5 Å². The standard InChI is InChI=1S/C18H20FN5OS.ClH/c1-3-20-12(2)11-21-18(25)16-22-17(15-8-5-9-26-15)24(23-16)14-7-4-6-13(19)10-14;/h4-10,12,20H,3,11H2,1-2H3,(H,21,25);1H/t12-;/m1./s1. The number of halogens is 2.